The van der Waals surface area contributed by atoms with Gasteiger partial charge in [-0.1, -0.05) is 86.5 Å². The Labute approximate surface area is 594 Å². The summed E-state index contributed by atoms with van der Waals surface area (Å²) in [5, 5.41) is 36.1. The highest BCUT2D eigenvalue weighted by Gasteiger charge is 2.51. The van der Waals surface area contributed by atoms with E-state index < -0.39 is 47.3 Å². The largest absolute Gasteiger partial charge is 0.444 e. The van der Waals surface area contributed by atoms with Crippen molar-refractivity contribution in [2.45, 2.75) is 195 Å². The number of likely N-dealkylation sites (tertiary alicyclic amines) is 4. The van der Waals surface area contributed by atoms with Crippen LogP contribution in [0.2, 0.25) is 0 Å². The van der Waals surface area contributed by atoms with Gasteiger partial charge in [0.05, 0.1) is 56.5 Å². The van der Waals surface area contributed by atoms with Crippen LogP contribution < -0.4 is 20.4 Å². The number of benzene rings is 2. The van der Waals surface area contributed by atoms with Gasteiger partial charge in [0.1, 0.15) is 35.1 Å². The minimum atomic E-state index is -0.802. The average Bonchev–Trinajstić information content (AvgIpc) is 1.21. The summed E-state index contributed by atoms with van der Waals surface area (Å²) < 4.78 is 22.7. The van der Waals surface area contributed by atoms with Crippen LogP contribution in [0.3, 0.4) is 0 Å². The predicted molar refractivity (Wildman–Crippen MR) is 381 cm³/mol. The molecule has 100 heavy (non-hydrogen) atoms. The lowest BCUT2D eigenvalue weighted by molar-refractivity contribution is -0.141. The van der Waals surface area contributed by atoms with E-state index in [0.29, 0.717) is 49.3 Å². The fraction of sp³-hybridized carbons (Fsp3) is 0.595. The summed E-state index contributed by atoms with van der Waals surface area (Å²) in [7, 11) is 0. The second kappa shape index (κ2) is 29.6. The van der Waals surface area contributed by atoms with Crippen molar-refractivity contribution in [3.05, 3.63) is 106 Å². The SMILES string of the molecule is Cc1ncsc1-c1ccc([C@H](C)NC(=O)[C@@H]2C[C@@H](O)CN2C(=O)[C@@H](c2cc(N3CC4(CCN(C(=O)OC(C)(C)C)CC4)C3)no2)C(C)C)cc1.Cc1ncsc1-c1ccc([C@H](C)NC(=O)[C@@H]2C[C@@H](O)CN2C(=O)[C@H](c2cc(N3CC4(CCN(C(=O)OC(C)(C)C)CC4)C3)no2)C(C)C)cc1. The number of ether oxygens (including phenoxy) is 2. The summed E-state index contributed by atoms with van der Waals surface area (Å²) in [6, 6.07) is 17.6. The number of rotatable bonds is 16. The number of anilines is 2. The average molecular weight is 1410 g/mol. The van der Waals surface area contributed by atoms with Crippen LogP contribution in [-0.4, -0.2) is 187 Å². The van der Waals surface area contributed by atoms with Gasteiger partial charge in [0.2, 0.25) is 23.6 Å². The zero-order valence-corrected chi connectivity index (χ0v) is 61.9. The number of aromatic nitrogens is 4. The molecule has 6 saturated heterocycles. The first-order chi connectivity index (χ1) is 47.3. The monoisotopic (exact) mass is 1410 g/mol. The quantitative estimate of drug-likeness (QED) is 0.0700. The molecule has 6 amide bonds. The van der Waals surface area contributed by atoms with Crippen LogP contribution in [0.5, 0.6) is 0 Å². The lowest BCUT2D eigenvalue weighted by Gasteiger charge is -2.53. The highest BCUT2D eigenvalue weighted by atomic mass is 32.1. The number of piperidine rings is 2. The number of amides is 6. The highest BCUT2D eigenvalue weighted by Crippen LogP contribution is 2.46. The summed E-state index contributed by atoms with van der Waals surface area (Å²) in [5.41, 5.74) is 8.85. The van der Waals surface area contributed by atoms with E-state index in [-0.39, 0.29) is 96.5 Å². The lowest BCUT2D eigenvalue weighted by Crippen LogP contribution is -2.61. The molecule has 2 aromatic carbocycles. The molecule has 8 atom stereocenters. The van der Waals surface area contributed by atoms with Gasteiger partial charge in [0, 0.05) is 101 Å². The van der Waals surface area contributed by atoms with Gasteiger partial charge in [-0.05, 0) is 129 Å². The van der Waals surface area contributed by atoms with Crippen LogP contribution in [0.15, 0.2) is 80.7 Å². The molecule has 6 aliphatic rings. The number of hydrogen-bond acceptors (Lipinski definition) is 20. The van der Waals surface area contributed by atoms with Crippen LogP contribution in [0, 0.1) is 36.5 Å². The van der Waals surface area contributed by atoms with Crippen LogP contribution in [0.25, 0.3) is 20.9 Å². The fourth-order valence-corrected chi connectivity index (χ4v) is 16.5. The lowest BCUT2D eigenvalue weighted by atomic mass is 9.72. The van der Waals surface area contributed by atoms with Gasteiger partial charge in [-0.25, -0.2) is 19.6 Å². The van der Waals surface area contributed by atoms with Gasteiger partial charge in [-0.3, -0.25) is 19.2 Å². The molecule has 4 N–H and O–H groups in total. The van der Waals surface area contributed by atoms with E-state index in [9.17, 15) is 39.0 Å². The topological polar surface area (TPSA) is 283 Å². The summed E-state index contributed by atoms with van der Waals surface area (Å²) in [6.45, 7) is 32.8. The molecular formula is C74H100N12O12S2. The maximum atomic E-state index is 14.1. The molecule has 6 aliphatic heterocycles. The Morgan fingerprint density at radius 2 is 0.890 bits per heavy atom. The molecule has 0 aliphatic carbocycles. The third-order valence-electron chi connectivity index (χ3n) is 20.5. The number of thiazole rings is 2. The molecule has 540 valence electrons. The van der Waals surface area contributed by atoms with Crippen molar-refractivity contribution in [2.24, 2.45) is 22.7 Å². The molecule has 12 rings (SSSR count). The van der Waals surface area contributed by atoms with Crippen molar-refractivity contribution in [1.29, 1.82) is 0 Å². The maximum absolute atomic E-state index is 14.1. The van der Waals surface area contributed by atoms with E-state index in [4.69, 9.17) is 18.5 Å². The molecule has 24 nitrogen and oxygen atoms in total. The minimum Gasteiger partial charge on any atom is -0.444 e. The molecular weight excluding hydrogens is 1310 g/mol. The van der Waals surface area contributed by atoms with Crippen molar-refractivity contribution in [1.82, 2.24) is 50.5 Å². The molecule has 0 radical (unpaired) electrons. The number of nitrogens with zero attached hydrogens (tertiary/aromatic N) is 10. The molecule has 0 bridgehead atoms. The van der Waals surface area contributed by atoms with Gasteiger partial charge in [0.15, 0.2) is 23.2 Å². The Balaban J connectivity index is 0.000000202. The van der Waals surface area contributed by atoms with E-state index in [1.807, 2.05) is 169 Å². The van der Waals surface area contributed by atoms with Crippen molar-refractivity contribution in [2.75, 3.05) is 75.2 Å². The van der Waals surface area contributed by atoms with E-state index in [0.717, 1.165) is 95.3 Å². The maximum Gasteiger partial charge on any atom is 0.410 e. The molecule has 26 heteroatoms. The summed E-state index contributed by atoms with van der Waals surface area (Å²) in [6.07, 6.45) is 1.76. The third-order valence-corrected chi connectivity index (χ3v) is 22.5. The van der Waals surface area contributed by atoms with Crippen molar-refractivity contribution < 1.29 is 57.5 Å². The second-order valence-electron chi connectivity index (χ2n) is 31.3. The Morgan fingerprint density at radius 3 is 1.19 bits per heavy atom. The normalized spacial score (nSPS) is 21.7. The number of aryl methyl sites for hydroxylation is 2. The van der Waals surface area contributed by atoms with Gasteiger partial charge in [0.25, 0.3) is 0 Å². The van der Waals surface area contributed by atoms with Crippen molar-refractivity contribution in [3.8, 4) is 20.9 Å². The van der Waals surface area contributed by atoms with E-state index in [1.165, 1.54) is 9.80 Å². The molecule has 6 fully saturated rings. The molecule has 2 spiro atoms. The standard InChI is InChI=1S/2C37H50N6O6S/c2*1-22(2)31(29-17-30(40-49-29)42-19-37(20-42)12-14-41(15-13-37)35(47)48-36(5,6)7)34(46)43-18-27(44)16-28(43)33(45)39-23(3)25-8-10-26(11-9-25)32-24(4)38-21-50-32/h2*8-11,17,21-23,27-28,31,44H,12-16,18-20H2,1-7H3,(H,39,45)/t23-,27+,28-,31+;23-,27+,28-,31-/m00/s1. The minimum absolute atomic E-state index is 0.0768. The van der Waals surface area contributed by atoms with Crippen LogP contribution in [0.4, 0.5) is 21.2 Å². The number of carbonyl (C=O) groups excluding carboxylic acids is 6. The van der Waals surface area contributed by atoms with E-state index in [1.54, 1.807) is 32.5 Å². The van der Waals surface area contributed by atoms with Gasteiger partial charge in [-0.15, -0.1) is 22.7 Å². The summed E-state index contributed by atoms with van der Waals surface area (Å²) in [5.74, 6) is -0.446. The number of hydrogen-bond donors (Lipinski definition) is 4. The number of aliphatic hydroxyl groups excluding tert-OH is 2. The number of carbonyl (C=O) groups is 6. The first-order valence-corrected chi connectivity index (χ1v) is 37.0. The Hall–Kier alpha value is -7.94. The van der Waals surface area contributed by atoms with Crippen molar-refractivity contribution in [3.63, 3.8) is 0 Å². The van der Waals surface area contributed by atoms with Gasteiger partial charge < -0.3 is 68.8 Å². The molecule has 0 unspecified atom stereocenters. The zero-order chi connectivity index (χ0) is 71.9. The zero-order valence-electron chi connectivity index (χ0n) is 60.3. The molecule has 0 saturated carbocycles. The highest BCUT2D eigenvalue weighted by molar-refractivity contribution is 7.13. The summed E-state index contributed by atoms with van der Waals surface area (Å²) in [4.78, 5) is 102. The van der Waals surface area contributed by atoms with Crippen molar-refractivity contribution >= 4 is 70.1 Å². The molecule has 6 aromatic rings. The van der Waals surface area contributed by atoms with Gasteiger partial charge in [-0.2, -0.15) is 0 Å². The van der Waals surface area contributed by atoms with Crippen LogP contribution in [0.1, 0.15) is 180 Å². The Kier molecular flexibility index (Phi) is 21.7. The molecule has 4 aromatic heterocycles. The third kappa shape index (κ3) is 16.5. The smallest absolute Gasteiger partial charge is 0.410 e. The fourth-order valence-electron chi connectivity index (χ4n) is 14.8. The van der Waals surface area contributed by atoms with Crippen LogP contribution in [-0.2, 0) is 28.7 Å². The second-order valence-corrected chi connectivity index (χ2v) is 33.0. The Morgan fingerprint density at radius 1 is 0.550 bits per heavy atom. The molecule has 10 heterocycles. The van der Waals surface area contributed by atoms with E-state index in [2.05, 4.69) is 40.7 Å². The number of nitrogens with one attached hydrogen (secondary N) is 2. The van der Waals surface area contributed by atoms with Crippen LogP contribution >= 0.6 is 22.7 Å². The first-order valence-electron chi connectivity index (χ1n) is 35.2. The number of β-amino-alcohol motifs (C(OH)–C–C–N with tert-alkyl or cyclic N) is 2. The predicted octanol–water partition coefficient (Wildman–Crippen LogP) is 11.0. The number of aliphatic hydroxyl groups is 2. The summed E-state index contributed by atoms with van der Waals surface area (Å²) >= 11 is 3.19. The van der Waals surface area contributed by atoms with E-state index >= 15 is 0 Å². The first kappa shape index (κ1) is 73.3. The Bertz CT molecular complexity index is 3610. The van der Waals surface area contributed by atoms with Gasteiger partial charge >= 0.3 is 12.2 Å².